The standard InChI is InChI=1S/C14H18FNO/c15-13-5-3-12(4-6-13)2-1-11-17-14-7-9-16-10-8-14/h1-6,14,16H,7-11H2/b2-1+. The molecule has 1 aliphatic rings. The van der Waals surface area contributed by atoms with E-state index in [9.17, 15) is 4.39 Å². The molecule has 0 aliphatic carbocycles. The zero-order chi connectivity index (χ0) is 11.9. The molecule has 2 rings (SSSR count). The first kappa shape index (κ1) is 12.3. The van der Waals surface area contributed by atoms with Crippen LogP contribution in [0.1, 0.15) is 18.4 Å². The Bertz CT molecular complexity index is 355. The molecule has 0 amide bonds. The van der Waals surface area contributed by atoms with E-state index in [1.807, 2.05) is 12.2 Å². The van der Waals surface area contributed by atoms with Crippen LogP contribution in [0.4, 0.5) is 4.39 Å². The van der Waals surface area contributed by atoms with Crippen molar-refractivity contribution < 1.29 is 9.13 Å². The van der Waals surface area contributed by atoms with Gasteiger partial charge in [0.1, 0.15) is 5.82 Å². The van der Waals surface area contributed by atoms with Crippen molar-refractivity contribution in [2.24, 2.45) is 0 Å². The second-order valence-electron chi connectivity index (χ2n) is 4.24. The summed E-state index contributed by atoms with van der Waals surface area (Å²) in [5.74, 6) is -0.201. The Morgan fingerprint density at radius 2 is 1.94 bits per heavy atom. The van der Waals surface area contributed by atoms with E-state index in [4.69, 9.17) is 4.74 Å². The van der Waals surface area contributed by atoms with Crippen LogP contribution in [0.5, 0.6) is 0 Å². The molecule has 17 heavy (non-hydrogen) atoms. The maximum absolute atomic E-state index is 12.7. The summed E-state index contributed by atoms with van der Waals surface area (Å²) in [7, 11) is 0. The van der Waals surface area contributed by atoms with Crippen LogP contribution in [0.3, 0.4) is 0 Å². The maximum atomic E-state index is 12.7. The number of benzene rings is 1. The number of hydrogen-bond donors (Lipinski definition) is 1. The molecule has 0 atom stereocenters. The van der Waals surface area contributed by atoms with Crippen molar-refractivity contribution in [3.8, 4) is 0 Å². The van der Waals surface area contributed by atoms with Crippen molar-refractivity contribution >= 4 is 6.08 Å². The molecule has 1 heterocycles. The Morgan fingerprint density at radius 1 is 1.24 bits per heavy atom. The summed E-state index contributed by atoms with van der Waals surface area (Å²) in [6, 6.07) is 6.45. The van der Waals surface area contributed by atoms with Crippen molar-refractivity contribution in [1.82, 2.24) is 5.32 Å². The molecule has 0 aromatic heterocycles. The third kappa shape index (κ3) is 4.29. The highest BCUT2D eigenvalue weighted by molar-refractivity contribution is 5.48. The van der Waals surface area contributed by atoms with Crippen molar-refractivity contribution in [2.45, 2.75) is 18.9 Å². The summed E-state index contributed by atoms with van der Waals surface area (Å²) in [5, 5.41) is 3.30. The van der Waals surface area contributed by atoms with Gasteiger partial charge in [0.05, 0.1) is 12.7 Å². The predicted octanol–water partition coefficient (Wildman–Crippen LogP) is 2.61. The quantitative estimate of drug-likeness (QED) is 0.866. The SMILES string of the molecule is Fc1ccc(/C=C/COC2CCNCC2)cc1. The van der Waals surface area contributed by atoms with Gasteiger partial charge in [-0.1, -0.05) is 24.3 Å². The van der Waals surface area contributed by atoms with Crippen LogP contribution in [-0.2, 0) is 4.74 Å². The van der Waals surface area contributed by atoms with E-state index in [2.05, 4.69) is 5.32 Å². The van der Waals surface area contributed by atoms with Gasteiger partial charge in [-0.25, -0.2) is 4.39 Å². The second-order valence-corrected chi connectivity index (χ2v) is 4.24. The second kappa shape index (κ2) is 6.52. The van der Waals surface area contributed by atoms with Crippen LogP contribution in [0.25, 0.3) is 6.08 Å². The fourth-order valence-electron chi connectivity index (χ4n) is 1.91. The third-order valence-electron chi connectivity index (χ3n) is 2.89. The van der Waals surface area contributed by atoms with Crippen molar-refractivity contribution in [2.75, 3.05) is 19.7 Å². The fourth-order valence-corrected chi connectivity index (χ4v) is 1.91. The Balaban J connectivity index is 1.72. The Morgan fingerprint density at radius 3 is 2.65 bits per heavy atom. The first-order valence-electron chi connectivity index (χ1n) is 6.09. The number of ether oxygens (including phenoxy) is 1. The zero-order valence-electron chi connectivity index (χ0n) is 9.86. The molecule has 0 saturated carbocycles. The van der Waals surface area contributed by atoms with Gasteiger partial charge >= 0.3 is 0 Å². The van der Waals surface area contributed by atoms with Crippen LogP contribution < -0.4 is 5.32 Å². The monoisotopic (exact) mass is 235 g/mol. The molecule has 0 spiro atoms. The van der Waals surface area contributed by atoms with Gasteiger partial charge in [-0.05, 0) is 43.6 Å². The number of hydrogen-bond acceptors (Lipinski definition) is 2. The number of rotatable bonds is 4. The fraction of sp³-hybridized carbons (Fsp3) is 0.429. The van der Waals surface area contributed by atoms with Crippen molar-refractivity contribution in [3.63, 3.8) is 0 Å². The van der Waals surface area contributed by atoms with Crippen LogP contribution >= 0.6 is 0 Å². The normalized spacial score (nSPS) is 17.7. The molecule has 3 heteroatoms. The Kier molecular flexibility index (Phi) is 4.71. The van der Waals surface area contributed by atoms with Gasteiger partial charge < -0.3 is 10.1 Å². The summed E-state index contributed by atoms with van der Waals surface area (Å²) >= 11 is 0. The van der Waals surface area contributed by atoms with E-state index in [0.29, 0.717) is 12.7 Å². The molecule has 1 fully saturated rings. The molecular formula is C14H18FNO. The van der Waals surface area contributed by atoms with Gasteiger partial charge in [-0.2, -0.15) is 0 Å². The summed E-state index contributed by atoms with van der Waals surface area (Å²) in [4.78, 5) is 0. The average Bonchev–Trinajstić information content (AvgIpc) is 2.38. The van der Waals surface area contributed by atoms with Gasteiger partial charge in [-0.3, -0.25) is 0 Å². The van der Waals surface area contributed by atoms with E-state index in [1.54, 1.807) is 12.1 Å². The predicted molar refractivity (Wildman–Crippen MR) is 67.3 cm³/mol. The molecule has 0 bridgehead atoms. The van der Waals surface area contributed by atoms with E-state index in [-0.39, 0.29) is 5.82 Å². The molecule has 2 nitrogen and oxygen atoms in total. The van der Waals surface area contributed by atoms with Crippen LogP contribution in [-0.4, -0.2) is 25.8 Å². The highest BCUT2D eigenvalue weighted by atomic mass is 19.1. The highest BCUT2D eigenvalue weighted by Crippen LogP contribution is 2.08. The Hall–Kier alpha value is -1.19. The molecule has 1 aromatic carbocycles. The lowest BCUT2D eigenvalue weighted by atomic mass is 10.1. The summed E-state index contributed by atoms with van der Waals surface area (Å²) in [5.41, 5.74) is 1.00. The van der Waals surface area contributed by atoms with Crippen molar-refractivity contribution in [1.29, 1.82) is 0 Å². The van der Waals surface area contributed by atoms with Crippen LogP contribution in [0.15, 0.2) is 30.3 Å². The molecule has 92 valence electrons. The van der Waals surface area contributed by atoms with Gasteiger partial charge in [-0.15, -0.1) is 0 Å². The van der Waals surface area contributed by atoms with E-state index in [1.165, 1.54) is 12.1 Å². The first-order chi connectivity index (χ1) is 8.34. The Labute approximate surface area is 101 Å². The van der Waals surface area contributed by atoms with Crippen molar-refractivity contribution in [3.05, 3.63) is 41.7 Å². The minimum absolute atomic E-state index is 0.201. The average molecular weight is 235 g/mol. The molecule has 1 aliphatic heterocycles. The molecule has 0 unspecified atom stereocenters. The third-order valence-corrected chi connectivity index (χ3v) is 2.89. The lowest BCUT2D eigenvalue weighted by Crippen LogP contribution is -2.32. The maximum Gasteiger partial charge on any atom is 0.123 e. The molecule has 1 N–H and O–H groups in total. The minimum atomic E-state index is -0.201. The summed E-state index contributed by atoms with van der Waals surface area (Å²) in [6.45, 7) is 2.72. The van der Waals surface area contributed by atoms with E-state index in [0.717, 1.165) is 31.5 Å². The number of nitrogens with one attached hydrogen (secondary N) is 1. The van der Waals surface area contributed by atoms with E-state index >= 15 is 0 Å². The van der Waals surface area contributed by atoms with Gasteiger partial charge in [0.15, 0.2) is 0 Å². The van der Waals surface area contributed by atoms with Gasteiger partial charge in [0.2, 0.25) is 0 Å². The van der Waals surface area contributed by atoms with Gasteiger partial charge in [0, 0.05) is 0 Å². The number of piperidine rings is 1. The number of halogens is 1. The smallest absolute Gasteiger partial charge is 0.123 e. The van der Waals surface area contributed by atoms with Gasteiger partial charge in [0.25, 0.3) is 0 Å². The minimum Gasteiger partial charge on any atom is -0.374 e. The zero-order valence-corrected chi connectivity index (χ0v) is 9.86. The lowest BCUT2D eigenvalue weighted by molar-refractivity contribution is 0.0518. The molecular weight excluding hydrogens is 217 g/mol. The summed E-state index contributed by atoms with van der Waals surface area (Å²) < 4.78 is 18.4. The highest BCUT2D eigenvalue weighted by Gasteiger charge is 2.11. The molecule has 0 radical (unpaired) electrons. The molecule has 1 saturated heterocycles. The lowest BCUT2D eigenvalue weighted by Gasteiger charge is -2.22. The largest absolute Gasteiger partial charge is 0.374 e. The molecule has 1 aromatic rings. The topological polar surface area (TPSA) is 21.3 Å². The first-order valence-corrected chi connectivity index (χ1v) is 6.09. The van der Waals surface area contributed by atoms with Crippen LogP contribution in [0, 0.1) is 5.82 Å². The van der Waals surface area contributed by atoms with Crippen LogP contribution in [0.2, 0.25) is 0 Å². The van der Waals surface area contributed by atoms with E-state index < -0.39 is 0 Å². The summed E-state index contributed by atoms with van der Waals surface area (Å²) in [6.07, 6.45) is 6.50.